The molecular weight excluding hydrogens is 428 g/mol. The Hall–Kier alpha value is -2.77. The summed E-state index contributed by atoms with van der Waals surface area (Å²) in [6.07, 6.45) is 1.89. The van der Waals surface area contributed by atoms with Crippen molar-refractivity contribution in [1.29, 1.82) is 0 Å². The molecule has 2 aromatic heterocycles. The SMILES string of the molecule is COC(=O)C1=C(C)N=c2s/c(=C/c3ccc(C(C)(C)C)cc3)c(=O)n2C1c1cccs1. The highest BCUT2D eigenvalue weighted by Crippen LogP contribution is 2.33. The minimum absolute atomic E-state index is 0.0698. The van der Waals surface area contributed by atoms with Crippen molar-refractivity contribution >= 4 is 34.7 Å². The number of methoxy groups -OCH3 is 1. The van der Waals surface area contributed by atoms with Crippen molar-refractivity contribution < 1.29 is 9.53 Å². The molecule has 0 fully saturated rings. The molecule has 1 aromatic carbocycles. The molecule has 0 N–H and O–H groups in total. The number of hydrogen-bond acceptors (Lipinski definition) is 6. The number of hydrogen-bond donors (Lipinski definition) is 0. The van der Waals surface area contributed by atoms with Gasteiger partial charge in [-0.05, 0) is 41.0 Å². The Morgan fingerprint density at radius 3 is 2.48 bits per heavy atom. The van der Waals surface area contributed by atoms with Crippen LogP contribution in [-0.4, -0.2) is 17.6 Å². The maximum atomic E-state index is 13.4. The Balaban J connectivity index is 1.88. The molecule has 1 atom stereocenters. The highest BCUT2D eigenvalue weighted by Gasteiger charge is 2.33. The number of fused-ring (bicyclic) bond motifs is 1. The molecule has 1 aliphatic heterocycles. The maximum absolute atomic E-state index is 13.4. The summed E-state index contributed by atoms with van der Waals surface area (Å²) in [6, 6.07) is 11.6. The molecule has 0 aliphatic carbocycles. The Kier molecular flexibility index (Phi) is 5.58. The van der Waals surface area contributed by atoms with E-state index in [9.17, 15) is 9.59 Å². The number of carbonyl (C=O) groups excluding carboxylic acids is 1. The van der Waals surface area contributed by atoms with E-state index in [0.29, 0.717) is 20.6 Å². The van der Waals surface area contributed by atoms with Crippen molar-refractivity contribution in [3.63, 3.8) is 0 Å². The molecule has 0 bridgehead atoms. The van der Waals surface area contributed by atoms with Gasteiger partial charge < -0.3 is 4.74 Å². The molecule has 5 nitrogen and oxygen atoms in total. The van der Waals surface area contributed by atoms with Crippen LogP contribution >= 0.6 is 22.7 Å². The van der Waals surface area contributed by atoms with E-state index in [4.69, 9.17) is 4.74 Å². The van der Waals surface area contributed by atoms with Crippen molar-refractivity contribution in [2.24, 2.45) is 4.99 Å². The van der Waals surface area contributed by atoms with Gasteiger partial charge in [0.1, 0.15) is 6.04 Å². The lowest BCUT2D eigenvalue weighted by atomic mass is 9.87. The average Bonchev–Trinajstić information content (AvgIpc) is 3.35. The third kappa shape index (κ3) is 3.95. The molecule has 0 saturated heterocycles. The Bertz CT molecular complexity index is 1340. The van der Waals surface area contributed by atoms with Gasteiger partial charge in [-0.1, -0.05) is 62.4 Å². The van der Waals surface area contributed by atoms with E-state index in [-0.39, 0.29) is 11.0 Å². The Morgan fingerprint density at radius 1 is 1.19 bits per heavy atom. The molecule has 160 valence electrons. The van der Waals surface area contributed by atoms with Crippen LogP contribution in [-0.2, 0) is 14.9 Å². The normalized spacial score (nSPS) is 16.8. The second-order valence-electron chi connectivity index (χ2n) is 8.46. The smallest absolute Gasteiger partial charge is 0.338 e. The summed E-state index contributed by atoms with van der Waals surface area (Å²) < 4.78 is 7.21. The third-order valence-electron chi connectivity index (χ3n) is 5.31. The van der Waals surface area contributed by atoms with Crippen molar-refractivity contribution in [3.05, 3.63) is 88.7 Å². The first-order valence-electron chi connectivity index (χ1n) is 9.95. The van der Waals surface area contributed by atoms with Crippen LogP contribution in [0.15, 0.2) is 62.8 Å². The van der Waals surface area contributed by atoms with E-state index in [0.717, 1.165) is 10.4 Å². The fourth-order valence-corrected chi connectivity index (χ4v) is 5.51. The van der Waals surface area contributed by atoms with Gasteiger partial charge in [0.05, 0.1) is 22.9 Å². The van der Waals surface area contributed by atoms with Crippen molar-refractivity contribution in [3.8, 4) is 0 Å². The standard InChI is InChI=1S/C24H24N2O3S2/c1-14-19(22(28)29-5)20(17-7-6-12-30-17)26-21(27)18(31-23(26)25-14)13-15-8-10-16(11-9-15)24(2,3)4/h6-13,20H,1-5H3/b18-13+. The predicted molar refractivity (Wildman–Crippen MR) is 125 cm³/mol. The number of allylic oxidation sites excluding steroid dienone is 1. The summed E-state index contributed by atoms with van der Waals surface area (Å²) in [5, 5.41) is 1.94. The highest BCUT2D eigenvalue weighted by molar-refractivity contribution is 7.10. The summed E-state index contributed by atoms with van der Waals surface area (Å²) in [5.74, 6) is -0.466. The van der Waals surface area contributed by atoms with Crippen LogP contribution < -0.4 is 14.9 Å². The molecule has 0 saturated carbocycles. The number of carbonyl (C=O) groups is 1. The number of esters is 1. The average molecular weight is 453 g/mol. The highest BCUT2D eigenvalue weighted by atomic mass is 32.1. The number of benzene rings is 1. The van der Waals surface area contributed by atoms with Crippen LogP contribution in [0.4, 0.5) is 0 Å². The Morgan fingerprint density at radius 2 is 1.90 bits per heavy atom. The fourth-order valence-electron chi connectivity index (χ4n) is 3.64. The van der Waals surface area contributed by atoms with E-state index in [1.165, 1.54) is 35.3 Å². The number of nitrogens with zero attached hydrogens (tertiary/aromatic N) is 2. The molecule has 0 amide bonds. The largest absolute Gasteiger partial charge is 0.466 e. The van der Waals surface area contributed by atoms with Crippen LogP contribution in [0.25, 0.3) is 6.08 Å². The van der Waals surface area contributed by atoms with Crippen LogP contribution in [0, 0.1) is 0 Å². The van der Waals surface area contributed by atoms with Gasteiger partial charge in [0.25, 0.3) is 5.56 Å². The van der Waals surface area contributed by atoms with Crippen LogP contribution in [0.1, 0.15) is 49.7 Å². The summed E-state index contributed by atoms with van der Waals surface area (Å²) in [7, 11) is 1.35. The number of rotatable bonds is 3. The second kappa shape index (κ2) is 8.05. The number of aromatic nitrogens is 1. The molecule has 7 heteroatoms. The first-order valence-corrected chi connectivity index (χ1v) is 11.6. The number of ether oxygens (including phenoxy) is 1. The quantitative estimate of drug-likeness (QED) is 0.569. The molecule has 4 rings (SSSR count). The summed E-state index contributed by atoms with van der Waals surface area (Å²) in [5.41, 5.74) is 3.08. The van der Waals surface area contributed by atoms with Gasteiger partial charge in [0.15, 0.2) is 4.80 Å². The molecule has 1 aliphatic rings. The lowest BCUT2D eigenvalue weighted by molar-refractivity contribution is -0.136. The molecule has 3 aromatic rings. The zero-order valence-electron chi connectivity index (χ0n) is 18.1. The third-order valence-corrected chi connectivity index (χ3v) is 7.22. The van der Waals surface area contributed by atoms with E-state index in [1.54, 1.807) is 11.5 Å². The van der Waals surface area contributed by atoms with Gasteiger partial charge >= 0.3 is 5.97 Å². The van der Waals surface area contributed by atoms with Crippen molar-refractivity contribution in [2.45, 2.75) is 39.2 Å². The van der Waals surface area contributed by atoms with Gasteiger partial charge in [-0.25, -0.2) is 9.79 Å². The minimum Gasteiger partial charge on any atom is -0.466 e. The van der Waals surface area contributed by atoms with Crippen molar-refractivity contribution in [1.82, 2.24) is 4.57 Å². The topological polar surface area (TPSA) is 60.7 Å². The van der Waals surface area contributed by atoms with E-state index in [2.05, 4.69) is 37.9 Å². The first-order chi connectivity index (χ1) is 14.7. The number of thiophene rings is 1. The molecule has 31 heavy (non-hydrogen) atoms. The maximum Gasteiger partial charge on any atom is 0.338 e. The van der Waals surface area contributed by atoms with E-state index in [1.807, 2.05) is 35.7 Å². The lowest BCUT2D eigenvalue weighted by Crippen LogP contribution is -2.39. The zero-order valence-corrected chi connectivity index (χ0v) is 19.8. The molecule has 0 radical (unpaired) electrons. The molecule has 0 spiro atoms. The first kappa shape index (κ1) is 21.5. The molecule has 3 heterocycles. The number of thiazole rings is 1. The summed E-state index contributed by atoms with van der Waals surface area (Å²) in [6.45, 7) is 8.30. The van der Waals surface area contributed by atoms with E-state index >= 15 is 0 Å². The summed E-state index contributed by atoms with van der Waals surface area (Å²) in [4.78, 5) is 32.0. The van der Waals surface area contributed by atoms with Gasteiger partial charge in [-0.2, -0.15) is 0 Å². The van der Waals surface area contributed by atoms with Gasteiger partial charge in [0, 0.05) is 4.88 Å². The Labute approximate surface area is 188 Å². The fraction of sp³-hybridized carbons (Fsp3) is 0.292. The molecule has 1 unspecified atom stereocenters. The van der Waals surface area contributed by atoms with Crippen LogP contribution in [0.5, 0.6) is 0 Å². The van der Waals surface area contributed by atoms with Crippen LogP contribution in [0.3, 0.4) is 0 Å². The second-order valence-corrected chi connectivity index (χ2v) is 10.4. The minimum atomic E-state index is -0.533. The van der Waals surface area contributed by atoms with Gasteiger partial charge in [-0.3, -0.25) is 9.36 Å². The van der Waals surface area contributed by atoms with E-state index < -0.39 is 12.0 Å². The predicted octanol–water partition coefficient (Wildman–Crippen LogP) is 3.77. The van der Waals surface area contributed by atoms with Crippen LogP contribution in [0.2, 0.25) is 0 Å². The monoisotopic (exact) mass is 452 g/mol. The van der Waals surface area contributed by atoms with Crippen molar-refractivity contribution in [2.75, 3.05) is 7.11 Å². The zero-order chi connectivity index (χ0) is 22.3. The lowest BCUT2D eigenvalue weighted by Gasteiger charge is -2.22. The molecular formula is C24H24N2O3S2. The van der Waals surface area contributed by atoms with Gasteiger partial charge in [-0.15, -0.1) is 11.3 Å². The summed E-state index contributed by atoms with van der Waals surface area (Å²) >= 11 is 2.84. The van der Waals surface area contributed by atoms with Gasteiger partial charge in [0.2, 0.25) is 0 Å².